The van der Waals surface area contributed by atoms with Gasteiger partial charge in [0, 0.05) is 19.6 Å². The smallest absolute Gasteiger partial charge is 0.223 e. The molecule has 1 heterocycles. The molecule has 22 heavy (non-hydrogen) atoms. The summed E-state index contributed by atoms with van der Waals surface area (Å²) in [7, 11) is 2.06. The molecule has 1 aromatic rings. The minimum absolute atomic E-state index is 0.000611. The standard InChI is InChI=1S/C17H26N2O3/c1-13-4-5-15(10-14(13)2)21-8-6-17(20)18-11-16-12-19(3)7-9-22-16/h4-5,10,16H,6-9,11-12H2,1-3H3,(H,18,20)/t16-/m0/s1. The number of likely N-dealkylation sites (N-methyl/N-ethyl adjacent to an activating group) is 1. The van der Waals surface area contributed by atoms with Gasteiger partial charge in [-0.3, -0.25) is 4.79 Å². The van der Waals surface area contributed by atoms with Gasteiger partial charge >= 0.3 is 0 Å². The molecule has 1 aromatic carbocycles. The molecule has 0 spiro atoms. The molecule has 122 valence electrons. The average molecular weight is 306 g/mol. The highest BCUT2D eigenvalue weighted by Crippen LogP contribution is 2.16. The number of amides is 1. The van der Waals surface area contributed by atoms with Gasteiger partial charge in [0.15, 0.2) is 0 Å². The predicted molar refractivity (Wildman–Crippen MR) is 86.3 cm³/mol. The second-order valence-electron chi connectivity index (χ2n) is 5.90. The van der Waals surface area contributed by atoms with Gasteiger partial charge in [0.25, 0.3) is 0 Å². The molecule has 0 aromatic heterocycles. The molecule has 5 heteroatoms. The molecule has 1 atom stereocenters. The Bertz CT molecular complexity index is 505. The van der Waals surface area contributed by atoms with E-state index in [0.717, 1.165) is 25.4 Å². The van der Waals surface area contributed by atoms with Gasteiger partial charge in [-0.05, 0) is 44.2 Å². The van der Waals surface area contributed by atoms with Gasteiger partial charge in [-0.15, -0.1) is 0 Å². The topological polar surface area (TPSA) is 50.8 Å². The molecule has 1 N–H and O–H groups in total. The summed E-state index contributed by atoms with van der Waals surface area (Å²) < 4.78 is 11.2. The van der Waals surface area contributed by atoms with E-state index < -0.39 is 0 Å². The van der Waals surface area contributed by atoms with Crippen molar-refractivity contribution >= 4 is 5.91 Å². The molecule has 1 fully saturated rings. The van der Waals surface area contributed by atoms with Crippen molar-refractivity contribution in [2.75, 3.05) is 39.9 Å². The summed E-state index contributed by atoms with van der Waals surface area (Å²) in [6.07, 6.45) is 0.443. The zero-order valence-electron chi connectivity index (χ0n) is 13.7. The van der Waals surface area contributed by atoms with Crippen molar-refractivity contribution < 1.29 is 14.3 Å². The van der Waals surface area contributed by atoms with Crippen LogP contribution in [0.15, 0.2) is 18.2 Å². The van der Waals surface area contributed by atoms with Gasteiger partial charge in [0.05, 0.1) is 25.7 Å². The third kappa shape index (κ3) is 5.31. The van der Waals surface area contributed by atoms with Crippen molar-refractivity contribution in [3.05, 3.63) is 29.3 Å². The number of hydrogen-bond donors (Lipinski definition) is 1. The van der Waals surface area contributed by atoms with Crippen LogP contribution in [-0.2, 0) is 9.53 Å². The molecule has 2 rings (SSSR count). The van der Waals surface area contributed by atoms with E-state index in [1.165, 1.54) is 11.1 Å². The van der Waals surface area contributed by atoms with E-state index >= 15 is 0 Å². The fraction of sp³-hybridized carbons (Fsp3) is 0.588. The Morgan fingerprint density at radius 1 is 1.41 bits per heavy atom. The first-order chi connectivity index (χ1) is 10.5. The van der Waals surface area contributed by atoms with Crippen molar-refractivity contribution in [1.29, 1.82) is 0 Å². The Labute approximate surface area is 132 Å². The van der Waals surface area contributed by atoms with Gasteiger partial charge in [-0.1, -0.05) is 6.07 Å². The first kappa shape index (κ1) is 16.8. The van der Waals surface area contributed by atoms with Crippen LogP contribution in [0.2, 0.25) is 0 Å². The number of carbonyl (C=O) groups is 1. The van der Waals surface area contributed by atoms with Crippen molar-refractivity contribution in [2.45, 2.75) is 26.4 Å². The number of aryl methyl sites for hydroxylation is 2. The van der Waals surface area contributed by atoms with Crippen LogP contribution in [0.4, 0.5) is 0 Å². The maximum absolute atomic E-state index is 11.8. The van der Waals surface area contributed by atoms with Crippen LogP contribution < -0.4 is 10.1 Å². The molecular weight excluding hydrogens is 280 g/mol. The number of nitrogens with zero attached hydrogens (tertiary/aromatic N) is 1. The predicted octanol–water partition coefficient (Wildman–Crippen LogP) is 1.52. The quantitative estimate of drug-likeness (QED) is 0.866. The summed E-state index contributed by atoms with van der Waals surface area (Å²) in [6, 6.07) is 5.96. The van der Waals surface area contributed by atoms with E-state index in [4.69, 9.17) is 9.47 Å². The molecule has 0 saturated carbocycles. The van der Waals surface area contributed by atoms with Crippen molar-refractivity contribution in [2.24, 2.45) is 0 Å². The molecule has 0 unspecified atom stereocenters. The zero-order chi connectivity index (χ0) is 15.9. The molecule has 0 radical (unpaired) electrons. The Hall–Kier alpha value is -1.59. The molecular formula is C17H26N2O3. The summed E-state index contributed by atoms with van der Waals surface area (Å²) >= 11 is 0. The van der Waals surface area contributed by atoms with Crippen LogP contribution in [0.5, 0.6) is 5.75 Å². The van der Waals surface area contributed by atoms with Crippen molar-refractivity contribution in [3.8, 4) is 5.75 Å². The van der Waals surface area contributed by atoms with Crippen LogP contribution in [0.1, 0.15) is 17.5 Å². The third-order valence-corrected chi connectivity index (χ3v) is 3.94. The fourth-order valence-corrected chi connectivity index (χ4v) is 2.37. The average Bonchev–Trinajstić information content (AvgIpc) is 2.49. The lowest BCUT2D eigenvalue weighted by Gasteiger charge is -2.30. The minimum Gasteiger partial charge on any atom is -0.493 e. The van der Waals surface area contributed by atoms with Crippen LogP contribution in [0.3, 0.4) is 0 Å². The summed E-state index contributed by atoms with van der Waals surface area (Å²) in [5.41, 5.74) is 2.43. The first-order valence-electron chi connectivity index (χ1n) is 7.81. The highest BCUT2D eigenvalue weighted by Gasteiger charge is 2.18. The SMILES string of the molecule is Cc1ccc(OCCC(=O)NC[C@H]2CN(C)CCO2)cc1C. The normalized spacial score (nSPS) is 19.0. The molecule has 1 amide bonds. The monoisotopic (exact) mass is 306 g/mol. The number of hydrogen-bond acceptors (Lipinski definition) is 4. The summed E-state index contributed by atoms with van der Waals surface area (Å²) in [5.74, 6) is 0.814. The summed E-state index contributed by atoms with van der Waals surface area (Å²) in [4.78, 5) is 14.0. The van der Waals surface area contributed by atoms with E-state index in [2.05, 4.69) is 31.1 Å². The van der Waals surface area contributed by atoms with Gasteiger partial charge < -0.3 is 19.7 Å². The van der Waals surface area contributed by atoms with Crippen LogP contribution in [0, 0.1) is 13.8 Å². The van der Waals surface area contributed by atoms with Crippen molar-refractivity contribution in [1.82, 2.24) is 10.2 Å². The molecule has 1 aliphatic heterocycles. The number of nitrogens with one attached hydrogen (secondary N) is 1. The van der Waals surface area contributed by atoms with Crippen LogP contribution in [-0.4, -0.2) is 56.8 Å². The highest BCUT2D eigenvalue weighted by molar-refractivity contribution is 5.76. The fourth-order valence-electron chi connectivity index (χ4n) is 2.37. The molecule has 1 aliphatic rings. The second kappa shape index (κ2) is 8.15. The van der Waals surface area contributed by atoms with Gasteiger partial charge in [-0.25, -0.2) is 0 Å². The largest absolute Gasteiger partial charge is 0.493 e. The van der Waals surface area contributed by atoms with Gasteiger partial charge in [0.1, 0.15) is 5.75 Å². The maximum atomic E-state index is 11.8. The summed E-state index contributed by atoms with van der Waals surface area (Å²) in [6.45, 7) is 7.61. The lowest BCUT2D eigenvalue weighted by molar-refractivity contribution is -0.122. The Kier molecular flexibility index (Phi) is 6.21. The lowest BCUT2D eigenvalue weighted by Crippen LogP contribution is -2.46. The molecule has 0 aliphatic carbocycles. The van der Waals surface area contributed by atoms with E-state index in [9.17, 15) is 4.79 Å². The van der Waals surface area contributed by atoms with E-state index in [1.807, 2.05) is 18.2 Å². The molecule has 5 nitrogen and oxygen atoms in total. The number of ether oxygens (including phenoxy) is 2. The lowest BCUT2D eigenvalue weighted by atomic mass is 10.1. The number of benzene rings is 1. The second-order valence-corrected chi connectivity index (χ2v) is 5.90. The molecule has 1 saturated heterocycles. The third-order valence-electron chi connectivity index (χ3n) is 3.94. The van der Waals surface area contributed by atoms with E-state index in [1.54, 1.807) is 0 Å². The van der Waals surface area contributed by atoms with Gasteiger partial charge in [-0.2, -0.15) is 0 Å². The first-order valence-corrected chi connectivity index (χ1v) is 7.81. The Morgan fingerprint density at radius 3 is 2.95 bits per heavy atom. The number of carbonyl (C=O) groups excluding carboxylic acids is 1. The van der Waals surface area contributed by atoms with Crippen LogP contribution >= 0.6 is 0 Å². The highest BCUT2D eigenvalue weighted by atomic mass is 16.5. The number of morpholine rings is 1. The minimum atomic E-state index is 0.000611. The maximum Gasteiger partial charge on any atom is 0.223 e. The Balaban J connectivity index is 1.64. The Morgan fingerprint density at radius 2 is 2.23 bits per heavy atom. The summed E-state index contributed by atoms with van der Waals surface area (Å²) in [5, 5.41) is 2.91. The number of rotatable bonds is 6. The van der Waals surface area contributed by atoms with E-state index in [-0.39, 0.29) is 12.0 Å². The van der Waals surface area contributed by atoms with Crippen molar-refractivity contribution in [3.63, 3.8) is 0 Å². The molecule has 0 bridgehead atoms. The zero-order valence-corrected chi connectivity index (χ0v) is 13.7. The van der Waals surface area contributed by atoms with E-state index in [0.29, 0.717) is 19.6 Å². The van der Waals surface area contributed by atoms with Crippen LogP contribution in [0.25, 0.3) is 0 Å². The van der Waals surface area contributed by atoms with Gasteiger partial charge in [0.2, 0.25) is 5.91 Å².